The third kappa shape index (κ3) is 4.31. The molecule has 2 atom stereocenters. The van der Waals surface area contributed by atoms with Crippen molar-refractivity contribution in [3.05, 3.63) is 12.1 Å². The summed E-state index contributed by atoms with van der Waals surface area (Å²) >= 11 is 0. The number of methoxy groups -OCH3 is 3. The Labute approximate surface area is 144 Å². The lowest BCUT2D eigenvalue weighted by Gasteiger charge is -2.17. The van der Waals surface area contributed by atoms with Gasteiger partial charge in [0.15, 0.2) is 18.3 Å². The van der Waals surface area contributed by atoms with Crippen LogP contribution in [-0.2, 0) is 19.1 Å². The molecule has 2 unspecified atom stereocenters. The van der Waals surface area contributed by atoms with Crippen LogP contribution in [0, 0.1) is 11.8 Å². The quantitative estimate of drug-likeness (QED) is 0.413. The second kappa shape index (κ2) is 8.54. The first-order valence-corrected chi connectivity index (χ1v) is 7.41. The van der Waals surface area contributed by atoms with Gasteiger partial charge in [0.05, 0.1) is 39.3 Å². The van der Waals surface area contributed by atoms with E-state index in [1.54, 1.807) is 0 Å². The van der Waals surface area contributed by atoms with Crippen LogP contribution in [0.1, 0.15) is 0 Å². The highest BCUT2D eigenvalue weighted by atomic mass is 16.7. The van der Waals surface area contributed by atoms with Crippen LogP contribution in [0.4, 0.5) is 0 Å². The Morgan fingerprint density at radius 1 is 1.12 bits per heavy atom. The molecular weight excluding hydrogens is 336 g/mol. The first-order chi connectivity index (χ1) is 12.0. The van der Waals surface area contributed by atoms with Crippen LogP contribution in [0.15, 0.2) is 12.1 Å². The van der Waals surface area contributed by atoms with Crippen LogP contribution in [0.3, 0.4) is 0 Å². The minimum atomic E-state index is -1.10. The number of carboxylic acid groups (broad SMARTS) is 1. The van der Waals surface area contributed by atoms with Crippen LogP contribution in [-0.4, -0.2) is 58.4 Å². The van der Waals surface area contributed by atoms with E-state index in [-0.39, 0.29) is 37.3 Å². The van der Waals surface area contributed by atoms with Gasteiger partial charge in [0.2, 0.25) is 5.75 Å². The highest BCUT2D eigenvalue weighted by molar-refractivity contribution is 5.83. The molecule has 2 rings (SSSR count). The van der Waals surface area contributed by atoms with E-state index in [1.165, 1.54) is 33.5 Å². The molecule has 0 aliphatic carbocycles. The topological polar surface area (TPSA) is 110 Å². The molecule has 0 amide bonds. The predicted octanol–water partition coefficient (Wildman–Crippen LogP) is 0.939. The van der Waals surface area contributed by atoms with Gasteiger partial charge in [-0.15, -0.1) is 0 Å². The van der Waals surface area contributed by atoms with Crippen molar-refractivity contribution in [3.63, 3.8) is 0 Å². The number of hydrogen-bond donors (Lipinski definition) is 1. The summed E-state index contributed by atoms with van der Waals surface area (Å²) in [6.07, 6.45) is 0. The monoisotopic (exact) mass is 356 g/mol. The van der Waals surface area contributed by atoms with Gasteiger partial charge in [0, 0.05) is 19.2 Å². The fourth-order valence-corrected chi connectivity index (χ4v) is 2.40. The average Bonchev–Trinajstić information content (AvgIpc) is 3.09. The Bertz CT molecular complexity index is 603. The van der Waals surface area contributed by atoms with Crippen molar-refractivity contribution in [3.8, 4) is 23.0 Å². The molecule has 1 fully saturated rings. The maximum Gasteiger partial charge on any atom is 0.317 e. The molecule has 0 spiro atoms. The summed E-state index contributed by atoms with van der Waals surface area (Å²) in [7, 11) is 4.31. The van der Waals surface area contributed by atoms with E-state index in [1.807, 2.05) is 0 Å². The number of carbonyl (C=O) groups is 2. The zero-order valence-corrected chi connectivity index (χ0v) is 14.1. The lowest BCUT2D eigenvalue weighted by molar-refractivity contribution is -0.149. The minimum Gasteiger partial charge on any atom is -0.493 e. The summed E-state index contributed by atoms with van der Waals surface area (Å²) < 4.78 is 31.1. The number of aliphatic carboxylic acids is 1. The van der Waals surface area contributed by atoms with Gasteiger partial charge >= 0.3 is 11.9 Å². The fourth-order valence-electron chi connectivity index (χ4n) is 2.40. The molecule has 1 saturated heterocycles. The molecule has 9 heteroatoms. The van der Waals surface area contributed by atoms with Crippen LogP contribution in [0.5, 0.6) is 23.0 Å². The third-order valence-electron chi connectivity index (χ3n) is 3.67. The Balaban J connectivity index is 2.21. The van der Waals surface area contributed by atoms with E-state index in [0.717, 1.165) is 0 Å². The maximum atomic E-state index is 12.3. The standard InChI is InChI=1S/C16H20O9/c1-20-8-24-14-12(21-2)4-9(5-13(14)22-3)25-16(19)11-7-23-6-10(11)15(17)18/h4-5,10-11H,6-8H2,1-3H3,(H,17,18). The average molecular weight is 356 g/mol. The Morgan fingerprint density at radius 3 is 2.24 bits per heavy atom. The molecule has 1 heterocycles. The summed E-state index contributed by atoms with van der Waals surface area (Å²) in [6, 6.07) is 2.88. The lowest BCUT2D eigenvalue weighted by Crippen LogP contribution is -2.31. The number of carbonyl (C=O) groups excluding carboxylic acids is 1. The second-order valence-electron chi connectivity index (χ2n) is 5.22. The van der Waals surface area contributed by atoms with Crippen molar-refractivity contribution in [2.75, 3.05) is 41.3 Å². The van der Waals surface area contributed by atoms with Crippen LogP contribution < -0.4 is 18.9 Å². The molecule has 1 N–H and O–H groups in total. The van der Waals surface area contributed by atoms with E-state index in [4.69, 9.17) is 33.5 Å². The van der Waals surface area contributed by atoms with Crippen molar-refractivity contribution in [2.45, 2.75) is 0 Å². The molecule has 9 nitrogen and oxygen atoms in total. The van der Waals surface area contributed by atoms with Crippen molar-refractivity contribution in [2.24, 2.45) is 11.8 Å². The first-order valence-electron chi connectivity index (χ1n) is 7.41. The second-order valence-corrected chi connectivity index (χ2v) is 5.22. The summed E-state index contributed by atoms with van der Waals surface area (Å²) in [6.45, 7) is -0.0454. The maximum absolute atomic E-state index is 12.3. The molecule has 0 saturated carbocycles. The van der Waals surface area contributed by atoms with Gasteiger partial charge in [0.25, 0.3) is 0 Å². The van der Waals surface area contributed by atoms with Gasteiger partial charge in [-0.05, 0) is 0 Å². The predicted molar refractivity (Wildman–Crippen MR) is 83.1 cm³/mol. The van der Waals surface area contributed by atoms with Gasteiger partial charge in [-0.1, -0.05) is 0 Å². The van der Waals surface area contributed by atoms with Crippen molar-refractivity contribution >= 4 is 11.9 Å². The van der Waals surface area contributed by atoms with E-state index in [2.05, 4.69) is 0 Å². The van der Waals surface area contributed by atoms with Gasteiger partial charge in [0.1, 0.15) is 5.75 Å². The van der Waals surface area contributed by atoms with Crippen molar-refractivity contribution < 1.29 is 43.1 Å². The number of hydrogen-bond acceptors (Lipinski definition) is 8. The smallest absolute Gasteiger partial charge is 0.317 e. The first kappa shape index (κ1) is 18.8. The normalized spacial score (nSPS) is 19.3. The number of carboxylic acids is 1. The highest BCUT2D eigenvalue weighted by Gasteiger charge is 2.40. The van der Waals surface area contributed by atoms with Crippen LogP contribution >= 0.6 is 0 Å². The molecule has 1 aliphatic heterocycles. The van der Waals surface area contributed by atoms with Gasteiger partial charge in [-0.25, -0.2) is 0 Å². The summed E-state index contributed by atoms with van der Waals surface area (Å²) in [4.78, 5) is 23.4. The number of esters is 1. The Hall–Kier alpha value is -2.52. The molecule has 25 heavy (non-hydrogen) atoms. The SMILES string of the molecule is COCOc1c(OC)cc(OC(=O)C2COCC2C(=O)O)cc1OC. The number of rotatable bonds is 8. The van der Waals surface area contributed by atoms with E-state index >= 15 is 0 Å². The zero-order valence-electron chi connectivity index (χ0n) is 14.1. The van der Waals surface area contributed by atoms with E-state index < -0.39 is 23.8 Å². The molecule has 0 aromatic heterocycles. The molecule has 1 aliphatic rings. The van der Waals surface area contributed by atoms with Crippen molar-refractivity contribution in [1.29, 1.82) is 0 Å². The van der Waals surface area contributed by atoms with Crippen LogP contribution in [0.25, 0.3) is 0 Å². The van der Waals surface area contributed by atoms with Gasteiger partial charge in [-0.2, -0.15) is 0 Å². The molecular formula is C16H20O9. The fraction of sp³-hybridized carbons (Fsp3) is 0.500. The molecule has 0 bridgehead atoms. The summed E-state index contributed by atoms with van der Waals surface area (Å²) in [5.41, 5.74) is 0. The third-order valence-corrected chi connectivity index (χ3v) is 3.67. The Kier molecular flexibility index (Phi) is 6.43. The molecule has 0 radical (unpaired) electrons. The molecule has 138 valence electrons. The Morgan fingerprint density at radius 2 is 1.72 bits per heavy atom. The van der Waals surface area contributed by atoms with Crippen LogP contribution in [0.2, 0.25) is 0 Å². The van der Waals surface area contributed by atoms with Crippen molar-refractivity contribution in [1.82, 2.24) is 0 Å². The minimum absolute atomic E-state index is 0.000890. The molecule has 1 aromatic carbocycles. The number of ether oxygens (including phenoxy) is 6. The van der Waals surface area contributed by atoms with Gasteiger partial charge < -0.3 is 33.5 Å². The zero-order chi connectivity index (χ0) is 18.4. The highest BCUT2D eigenvalue weighted by Crippen LogP contribution is 2.41. The van der Waals surface area contributed by atoms with Gasteiger partial charge in [-0.3, -0.25) is 9.59 Å². The van der Waals surface area contributed by atoms with E-state index in [0.29, 0.717) is 5.75 Å². The largest absolute Gasteiger partial charge is 0.493 e. The molecule has 1 aromatic rings. The number of benzene rings is 1. The summed E-state index contributed by atoms with van der Waals surface area (Å²) in [5, 5.41) is 9.13. The lowest BCUT2D eigenvalue weighted by atomic mass is 9.96. The van der Waals surface area contributed by atoms with E-state index in [9.17, 15) is 9.59 Å². The summed E-state index contributed by atoms with van der Waals surface area (Å²) in [5.74, 6) is -2.62.